The summed E-state index contributed by atoms with van der Waals surface area (Å²) < 4.78 is 0. The van der Waals surface area contributed by atoms with Crippen molar-refractivity contribution in [2.45, 2.75) is 46.0 Å². The normalized spacial score (nSPS) is 14.3. The van der Waals surface area contributed by atoms with Gasteiger partial charge in [0.15, 0.2) is 0 Å². The fraction of sp³-hybridized carbons (Fsp3) is 0.588. The number of nitrogens with zero attached hydrogens (tertiary/aromatic N) is 1. The van der Waals surface area contributed by atoms with Gasteiger partial charge < -0.3 is 4.90 Å². The molecule has 1 aliphatic carbocycles. The van der Waals surface area contributed by atoms with Crippen LogP contribution in [-0.4, -0.2) is 24.4 Å². The number of aryl methyl sites for hydroxylation is 2. The molecule has 0 unspecified atom stereocenters. The highest BCUT2D eigenvalue weighted by Gasteiger charge is 2.13. The zero-order valence-corrected chi connectivity index (χ0v) is 12.4. The minimum absolute atomic E-state index is 0.226. The first-order valence-corrected chi connectivity index (χ1v) is 7.41. The molecule has 2 rings (SSSR count). The van der Waals surface area contributed by atoms with Crippen LogP contribution in [0.3, 0.4) is 0 Å². The molecule has 1 aromatic rings. The number of fused-ring (bicyclic) bond motifs is 1. The number of likely N-dealkylation sites (N-methyl/N-ethyl adjacent to an activating group) is 1. The second-order valence-electron chi connectivity index (χ2n) is 6.16. The third-order valence-corrected chi connectivity index (χ3v) is 3.83. The molecule has 1 aromatic carbocycles. The predicted octanol–water partition coefficient (Wildman–Crippen LogP) is 3.22. The van der Waals surface area contributed by atoms with Crippen molar-refractivity contribution >= 4 is 5.91 Å². The summed E-state index contributed by atoms with van der Waals surface area (Å²) in [5, 5.41) is 0. The highest BCUT2D eigenvalue weighted by molar-refractivity contribution is 5.78. The molecule has 0 aliphatic heterocycles. The van der Waals surface area contributed by atoms with E-state index >= 15 is 0 Å². The van der Waals surface area contributed by atoms with Crippen LogP contribution in [0.5, 0.6) is 0 Å². The summed E-state index contributed by atoms with van der Waals surface area (Å²) in [4.78, 5) is 14.0. The molecule has 0 radical (unpaired) electrons. The van der Waals surface area contributed by atoms with Gasteiger partial charge in [-0.2, -0.15) is 0 Å². The highest BCUT2D eigenvalue weighted by Crippen LogP contribution is 2.22. The molecule has 0 saturated heterocycles. The Morgan fingerprint density at radius 1 is 1.21 bits per heavy atom. The molecule has 0 aromatic heterocycles. The van der Waals surface area contributed by atoms with Crippen molar-refractivity contribution in [1.82, 2.24) is 4.90 Å². The largest absolute Gasteiger partial charge is 0.345 e. The van der Waals surface area contributed by atoms with Crippen LogP contribution < -0.4 is 0 Å². The van der Waals surface area contributed by atoms with E-state index in [1.165, 1.54) is 42.4 Å². The van der Waals surface area contributed by atoms with Gasteiger partial charge in [0.25, 0.3) is 0 Å². The summed E-state index contributed by atoms with van der Waals surface area (Å²) in [6.07, 6.45) is 5.52. The summed E-state index contributed by atoms with van der Waals surface area (Å²) >= 11 is 0. The summed E-state index contributed by atoms with van der Waals surface area (Å²) in [5.74, 6) is 0.752. The van der Waals surface area contributed by atoms with Crippen molar-refractivity contribution < 1.29 is 4.79 Å². The van der Waals surface area contributed by atoms with Crippen LogP contribution in [0.1, 0.15) is 43.4 Å². The van der Waals surface area contributed by atoms with Crippen LogP contribution in [0.25, 0.3) is 0 Å². The van der Waals surface area contributed by atoms with Crippen LogP contribution in [0.15, 0.2) is 18.2 Å². The topological polar surface area (TPSA) is 20.3 Å². The van der Waals surface area contributed by atoms with Crippen LogP contribution in [0, 0.1) is 5.92 Å². The molecule has 1 amide bonds. The number of rotatable bonds is 4. The Balaban J connectivity index is 2.01. The van der Waals surface area contributed by atoms with Gasteiger partial charge in [-0.15, -0.1) is 0 Å². The summed E-state index contributed by atoms with van der Waals surface area (Å²) in [5.41, 5.74) is 4.11. The number of benzene rings is 1. The van der Waals surface area contributed by atoms with E-state index in [2.05, 4.69) is 32.0 Å². The molecule has 0 spiro atoms. The first kappa shape index (κ1) is 14.1. The molecule has 104 valence electrons. The molecule has 0 atom stereocenters. The van der Waals surface area contributed by atoms with Crippen molar-refractivity contribution in [2.75, 3.05) is 13.6 Å². The molecule has 0 fully saturated rings. The molecule has 0 heterocycles. The van der Waals surface area contributed by atoms with Crippen molar-refractivity contribution in [3.63, 3.8) is 0 Å². The van der Waals surface area contributed by atoms with Gasteiger partial charge >= 0.3 is 0 Å². The van der Waals surface area contributed by atoms with Crippen molar-refractivity contribution in [1.29, 1.82) is 0 Å². The molecule has 0 saturated carbocycles. The summed E-state index contributed by atoms with van der Waals surface area (Å²) in [6.45, 7) is 5.12. The standard InChI is InChI=1S/C17H25NO/c1-13(2)12-18(3)17(19)11-14-8-9-15-6-4-5-7-16(15)10-14/h8-10,13H,4-7,11-12H2,1-3H3. The van der Waals surface area contributed by atoms with Gasteiger partial charge in [-0.1, -0.05) is 32.0 Å². The quantitative estimate of drug-likeness (QED) is 0.813. The Morgan fingerprint density at radius 2 is 1.89 bits per heavy atom. The van der Waals surface area contributed by atoms with Gasteiger partial charge in [-0.25, -0.2) is 0 Å². The number of carbonyl (C=O) groups excluding carboxylic acids is 1. The fourth-order valence-corrected chi connectivity index (χ4v) is 2.86. The number of hydrogen-bond acceptors (Lipinski definition) is 1. The summed E-state index contributed by atoms with van der Waals surface area (Å²) in [6, 6.07) is 6.60. The van der Waals surface area contributed by atoms with Crippen molar-refractivity contribution in [2.24, 2.45) is 5.92 Å². The minimum atomic E-state index is 0.226. The Labute approximate surface area is 116 Å². The molecule has 19 heavy (non-hydrogen) atoms. The lowest BCUT2D eigenvalue weighted by atomic mass is 9.90. The molecule has 2 nitrogen and oxygen atoms in total. The molecular formula is C17H25NO. The Hall–Kier alpha value is -1.31. The van der Waals surface area contributed by atoms with E-state index in [1.807, 2.05) is 11.9 Å². The zero-order chi connectivity index (χ0) is 13.8. The van der Waals surface area contributed by atoms with Gasteiger partial charge in [0, 0.05) is 13.6 Å². The third-order valence-electron chi connectivity index (χ3n) is 3.83. The smallest absolute Gasteiger partial charge is 0.226 e. The van der Waals surface area contributed by atoms with E-state index < -0.39 is 0 Å². The lowest BCUT2D eigenvalue weighted by Gasteiger charge is -2.20. The van der Waals surface area contributed by atoms with Crippen LogP contribution in [-0.2, 0) is 24.1 Å². The van der Waals surface area contributed by atoms with Crippen LogP contribution in [0.2, 0.25) is 0 Å². The maximum atomic E-state index is 12.1. The third kappa shape index (κ3) is 3.82. The lowest BCUT2D eigenvalue weighted by molar-refractivity contribution is -0.129. The second-order valence-corrected chi connectivity index (χ2v) is 6.16. The van der Waals surface area contributed by atoms with Crippen LogP contribution in [0.4, 0.5) is 0 Å². The lowest BCUT2D eigenvalue weighted by Crippen LogP contribution is -2.31. The second kappa shape index (κ2) is 6.23. The van der Waals surface area contributed by atoms with Gasteiger partial charge in [0.1, 0.15) is 0 Å². The minimum Gasteiger partial charge on any atom is -0.345 e. The fourth-order valence-electron chi connectivity index (χ4n) is 2.86. The van der Waals surface area contributed by atoms with Gasteiger partial charge in [0.05, 0.1) is 6.42 Å². The molecule has 0 bridgehead atoms. The summed E-state index contributed by atoms with van der Waals surface area (Å²) in [7, 11) is 1.90. The van der Waals surface area contributed by atoms with Crippen LogP contribution >= 0.6 is 0 Å². The average molecular weight is 259 g/mol. The molecular weight excluding hydrogens is 234 g/mol. The van der Waals surface area contributed by atoms with E-state index in [4.69, 9.17) is 0 Å². The Morgan fingerprint density at radius 3 is 2.58 bits per heavy atom. The average Bonchev–Trinajstić information content (AvgIpc) is 2.37. The zero-order valence-electron chi connectivity index (χ0n) is 12.4. The van der Waals surface area contributed by atoms with E-state index in [0.717, 1.165) is 6.54 Å². The van der Waals surface area contributed by atoms with E-state index in [1.54, 1.807) is 0 Å². The van der Waals surface area contributed by atoms with E-state index in [0.29, 0.717) is 12.3 Å². The SMILES string of the molecule is CC(C)CN(C)C(=O)Cc1ccc2c(c1)CCCC2. The van der Waals surface area contributed by atoms with E-state index in [9.17, 15) is 4.79 Å². The van der Waals surface area contributed by atoms with Gasteiger partial charge in [0.2, 0.25) is 5.91 Å². The Bertz CT molecular complexity index is 451. The molecule has 1 aliphatic rings. The maximum absolute atomic E-state index is 12.1. The monoisotopic (exact) mass is 259 g/mol. The van der Waals surface area contributed by atoms with Crippen molar-refractivity contribution in [3.8, 4) is 0 Å². The number of amides is 1. The number of hydrogen-bond donors (Lipinski definition) is 0. The van der Waals surface area contributed by atoms with Gasteiger partial charge in [-0.3, -0.25) is 4.79 Å². The van der Waals surface area contributed by atoms with Gasteiger partial charge in [-0.05, 0) is 48.3 Å². The van der Waals surface area contributed by atoms with E-state index in [-0.39, 0.29) is 5.91 Å². The first-order valence-electron chi connectivity index (χ1n) is 7.41. The Kier molecular flexibility index (Phi) is 4.62. The molecule has 2 heteroatoms. The maximum Gasteiger partial charge on any atom is 0.226 e. The molecule has 0 N–H and O–H groups in total. The highest BCUT2D eigenvalue weighted by atomic mass is 16.2. The predicted molar refractivity (Wildman–Crippen MR) is 79.3 cm³/mol. The van der Waals surface area contributed by atoms with Crippen molar-refractivity contribution in [3.05, 3.63) is 34.9 Å². The number of carbonyl (C=O) groups is 1. The first-order chi connectivity index (χ1) is 9.06.